The highest BCUT2D eigenvalue weighted by Crippen LogP contribution is 2.24. The van der Waals surface area contributed by atoms with E-state index in [-0.39, 0.29) is 24.5 Å². The van der Waals surface area contributed by atoms with Crippen molar-refractivity contribution in [3.05, 3.63) is 24.3 Å². The Morgan fingerprint density at radius 3 is 2.26 bits per heavy atom. The summed E-state index contributed by atoms with van der Waals surface area (Å²) < 4.78 is 64.4. The lowest BCUT2D eigenvalue weighted by molar-refractivity contribution is -0.274. The zero-order chi connectivity index (χ0) is 14.5. The lowest BCUT2D eigenvalue weighted by atomic mass is 10.3. The van der Waals surface area contributed by atoms with E-state index in [0.717, 1.165) is 24.3 Å². The van der Waals surface area contributed by atoms with Crippen molar-refractivity contribution in [2.75, 3.05) is 17.1 Å². The number of sulfonamides is 1. The second kappa shape index (κ2) is 6.11. The van der Waals surface area contributed by atoms with Gasteiger partial charge in [-0.2, -0.15) is 0 Å². The molecule has 0 aliphatic rings. The van der Waals surface area contributed by atoms with Crippen LogP contribution in [0.2, 0.25) is 0 Å². The third-order valence-electron chi connectivity index (χ3n) is 1.93. The second-order valence-electron chi connectivity index (χ2n) is 3.57. The van der Waals surface area contributed by atoms with Crippen molar-refractivity contribution in [3.63, 3.8) is 0 Å². The van der Waals surface area contributed by atoms with Crippen LogP contribution in [0.3, 0.4) is 0 Å². The van der Waals surface area contributed by atoms with Gasteiger partial charge in [0.05, 0.1) is 5.75 Å². The van der Waals surface area contributed by atoms with Crippen LogP contribution < -0.4 is 9.46 Å². The van der Waals surface area contributed by atoms with Gasteiger partial charge in [-0.25, -0.2) is 8.42 Å². The molecule has 0 spiro atoms. The molecule has 5 nitrogen and oxygen atoms in total. The highest BCUT2D eigenvalue weighted by Gasteiger charge is 2.30. The Kier molecular flexibility index (Phi) is 5.01. The van der Waals surface area contributed by atoms with Crippen LogP contribution in [0.15, 0.2) is 24.3 Å². The van der Waals surface area contributed by atoms with Gasteiger partial charge in [-0.1, -0.05) is 0 Å². The molecule has 0 amide bonds. The molecule has 9 heteroatoms. The van der Waals surface area contributed by atoms with Gasteiger partial charge < -0.3 is 9.84 Å². The van der Waals surface area contributed by atoms with Crippen LogP contribution >= 0.6 is 0 Å². The number of aliphatic hydroxyl groups excluding tert-OH is 1. The molecular formula is C10H12F3NO4S. The fourth-order valence-corrected chi connectivity index (χ4v) is 2.32. The summed E-state index contributed by atoms with van der Waals surface area (Å²) in [7, 11) is -3.62. The molecule has 0 aliphatic carbocycles. The third kappa shape index (κ3) is 6.30. The number of hydrogen-bond donors (Lipinski definition) is 2. The molecule has 1 aromatic carbocycles. The molecule has 0 unspecified atom stereocenters. The van der Waals surface area contributed by atoms with Crippen LogP contribution in [0.4, 0.5) is 18.9 Å². The Morgan fingerprint density at radius 1 is 1.21 bits per heavy atom. The van der Waals surface area contributed by atoms with Crippen molar-refractivity contribution in [2.45, 2.75) is 12.8 Å². The van der Waals surface area contributed by atoms with Crippen molar-refractivity contribution in [2.24, 2.45) is 0 Å². The Balaban J connectivity index is 2.67. The summed E-state index contributed by atoms with van der Waals surface area (Å²) in [5.74, 6) is -0.713. The zero-order valence-corrected chi connectivity index (χ0v) is 10.5. The maximum atomic E-state index is 11.9. The number of nitrogens with one attached hydrogen (secondary N) is 1. The van der Waals surface area contributed by atoms with E-state index < -0.39 is 22.1 Å². The average Bonchev–Trinajstić information content (AvgIpc) is 2.27. The van der Waals surface area contributed by atoms with E-state index in [1.54, 1.807) is 0 Å². The van der Waals surface area contributed by atoms with Crippen molar-refractivity contribution >= 4 is 15.7 Å². The van der Waals surface area contributed by atoms with Crippen molar-refractivity contribution in [3.8, 4) is 5.75 Å². The van der Waals surface area contributed by atoms with Gasteiger partial charge in [0.25, 0.3) is 0 Å². The Labute approximate surface area is 108 Å². The molecule has 0 bridgehead atoms. The summed E-state index contributed by atoms with van der Waals surface area (Å²) in [6.07, 6.45) is -4.72. The van der Waals surface area contributed by atoms with Crippen LogP contribution in [0.5, 0.6) is 5.75 Å². The largest absolute Gasteiger partial charge is 0.573 e. The zero-order valence-electron chi connectivity index (χ0n) is 9.64. The first-order chi connectivity index (χ1) is 8.72. The number of anilines is 1. The minimum absolute atomic E-state index is 0.0740. The van der Waals surface area contributed by atoms with Crippen LogP contribution in [0.1, 0.15) is 6.42 Å². The summed E-state index contributed by atoms with van der Waals surface area (Å²) in [5.41, 5.74) is 0.118. The summed E-state index contributed by atoms with van der Waals surface area (Å²) >= 11 is 0. The summed E-state index contributed by atoms with van der Waals surface area (Å²) in [6, 6.07) is 4.30. The van der Waals surface area contributed by atoms with Gasteiger partial charge in [0.2, 0.25) is 10.0 Å². The summed E-state index contributed by atoms with van der Waals surface area (Å²) in [6.45, 7) is -0.265. The van der Waals surface area contributed by atoms with Crippen LogP contribution in [-0.2, 0) is 10.0 Å². The average molecular weight is 299 g/mol. The van der Waals surface area contributed by atoms with E-state index in [4.69, 9.17) is 5.11 Å². The molecule has 0 saturated heterocycles. The Morgan fingerprint density at radius 2 is 1.79 bits per heavy atom. The second-order valence-corrected chi connectivity index (χ2v) is 5.41. The molecule has 0 aliphatic heterocycles. The molecule has 108 valence electrons. The molecule has 2 N–H and O–H groups in total. The highest BCUT2D eigenvalue weighted by atomic mass is 32.2. The molecule has 0 heterocycles. The normalized spacial score (nSPS) is 12.2. The van der Waals surface area contributed by atoms with Gasteiger partial charge in [0.1, 0.15) is 5.75 Å². The van der Waals surface area contributed by atoms with Gasteiger partial charge >= 0.3 is 6.36 Å². The first-order valence-corrected chi connectivity index (χ1v) is 6.84. The van der Waals surface area contributed by atoms with Gasteiger partial charge in [-0.05, 0) is 30.7 Å². The molecular weight excluding hydrogens is 287 g/mol. The monoisotopic (exact) mass is 299 g/mol. The van der Waals surface area contributed by atoms with E-state index >= 15 is 0 Å². The number of aliphatic hydroxyl groups is 1. The predicted octanol–water partition coefficient (Wildman–Crippen LogP) is 1.71. The Hall–Kier alpha value is -1.48. The van der Waals surface area contributed by atoms with E-state index in [9.17, 15) is 21.6 Å². The molecule has 19 heavy (non-hydrogen) atoms. The predicted molar refractivity (Wildman–Crippen MR) is 62.2 cm³/mol. The number of halogens is 3. The number of hydrogen-bond acceptors (Lipinski definition) is 4. The van der Waals surface area contributed by atoms with Gasteiger partial charge in [-0.15, -0.1) is 13.2 Å². The molecule has 1 rings (SSSR count). The van der Waals surface area contributed by atoms with Crippen molar-refractivity contribution in [1.29, 1.82) is 0 Å². The van der Waals surface area contributed by atoms with Crippen molar-refractivity contribution in [1.82, 2.24) is 0 Å². The molecule has 0 saturated carbocycles. The molecule has 1 aromatic rings. The number of benzene rings is 1. The smallest absolute Gasteiger partial charge is 0.406 e. The van der Waals surface area contributed by atoms with Crippen LogP contribution in [0.25, 0.3) is 0 Å². The lowest BCUT2D eigenvalue weighted by Crippen LogP contribution is -2.18. The number of rotatable bonds is 6. The van der Waals surface area contributed by atoms with Gasteiger partial charge in [-0.3, -0.25) is 4.72 Å². The van der Waals surface area contributed by atoms with Crippen LogP contribution in [-0.4, -0.2) is 32.2 Å². The molecule has 0 aromatic heterocycles. The fraction of sp³-hybridized carbons (Fsp3) is 0.400. The lowest BCUT2D eigenvalue weighted by Gasteiger charge is -2.10. The van der Waals surface area contributed by atoms with E-state index in [1.165, 1.54) is 0 Å². The topological polar surface area (TPSA) is 75.6 Å². The minimum atomic E-state index is -4.79. The van der Waals surface area contributed by atoms with Gasteiger partial charge in [0.15, 0.2) is 0 Å². The van der Waals surface area contributed by atoms with E-state index in [1.807, 2.05) is 0 Å². The maximum Gasteiger partial charge on any atom is 0.573 e. The first-order valence-electron chi connectivity index (χ1n) is 5.19. The Bertz CT molecular complexity index is 499. The van der Waals surface area contributed by atoms with Crippen LogP contribution in [0, 0.1) is 0 Å². The standard InChI is InChI=1S/C10H12F3NO4S/c11-10(12,13)18-9-4-2-8(3-5-9)14-19(16,17)7-1-6-15/h2-5,14-15H,1,6-7H2. The third-order valence-corrected chi connectivity index (χ3v) is 3.31. The molecule has 0 atom stereocenters. The highest BCUT2D eigenvalue weighted by molar-refractivity contribution is 7.92. The summed E-state index contributed by atoms with van der Waals surface area (Å²) in [4.78, 5) is 0. The van der Waals surface area contributed by atoms with E-state index in [0.29, 0.717) is 0 Å². The first kappa shape index (κ1) is 15.6. The van der Waals surface area contributed by atoms with Gasteiger partial charge in [0, 0.05) is 12.3 Å². The number of ether oxygens (including phenoxy) is 1. The number of alkyl halides is 3. The molecule has 0 fully saturated rings. The summed E-state index contributed by atoms with van der Waals surface area (Å²) in [5, 5.41) is 8.52. The molecule has 0 radical (unpaired) electrons. The fourth-order valence-electron chi connectivity index (χ4n) is 1.21. The quantitative estimate of drug-likeness (QED) is 0.838. The van der Waals surface area contributed by atoms with E-state index in [2.05, 4.69) is 9.46 Å². The minimum Gasteiger partial charge on any atom is -0.406 e. The maximum absolute atomic E-state index is 11.9. The van der Waals surface area contributed by atoms with Crippen molar-refractivity contribution < 1.29 is 31.4 Å². The SMILES string of the molecule is O=S(=O)(CCCO)Nc1ccc(OC(F)(F)F)cc1.